The van der Waals surface area contributed by atoms with Crippen LogP contribution < -0.4 is 0 Å². The SMILES string of the molecule is Cc1cccc2ncc3c4ccccc4cn3c12. The number of aryl methyl sites for hydroxylation is 1. The molecule has 4 rings (SSSR count). The zero-order valence-electron chi connectivity index (χ0n) is 10.1. The molecule has 0 aliphatic rings. The maximum absolute atomic E-state index is 4.57. The average molecular weight is 232 g/mol. The van der Waals surface area contributed by atoms with Crippen molar-refractivity contribution in [2.45, 2.75) is 6.92 Å². The summed E-state index contributed by atoms with van der Waals surface area (Å²) in [6.07, 6.45) is 4.16. The summed E-state index contributed by atoms with van der Waals surface area (Å²) < 4.78 is 2.25. The molecule has 2 aromatic carbocycles. The summed E-state index contributed by atoms with van der Waals surface area (Å²) in [4.78, 5) is 4.57. The summed E-state index contributed by atoms with van der Waals surface area (Å²) in [6, 6.07) is 14.7. The lowest BCUT2D eigenvalue weighted by molar-refractivity contribution is 1.22. The summed E-state index contributed by atoms with van der Waals surface area (Å²) in [5, 5.41) is 2.52. The molecule has 0 saturated heterocycles. The van der Waals surface area contributed by atoms with Crippen LogP contribution in [0.3, 0.4) is 0 Å². The molecule has 0 unspecified atom stereocenters. The highest BCUT2D eigenvalue weighted by molar-refractivity contribution is 6.00. The van der Waals surface area contributed by atoms with Crippen LogP contribution in [0.5, 0.6) is 0 Å². The largest absolute Gasteiger partial charge is 0.312 e. The highest BCUT2D eigenvalue weighted by Gasteiger charge is 2.07. The van der Waals surface area contributed by atoms with E-state index in [4.69, 9.17) is 0 Å². The fourth-order valence-electron chi connectivity index (χ4n) is 2.69. The zero-order valence-corrected chi connectivity index (χ0v) is 10.1. The molecule has 2 heterocycles. The number of hydrogen-bond donors (Lipinski definition) is 0. The van der Waals surface area contributed by atoms with Gasteiger partial charge in [0.1, 0.15) is 0 Å². The van der Waals surface area contributed by atoms with Crippen LogP contribution in [0.15, 0.2) is 54.9 Å². The molecule has 2 nitrogen and oxygen atoms in total. The van der Waals surface area contributed by atoms with Crippen LogP contribution in [0.1, 0.15) is 5.56 Å². The normalized spacial score (nSPS) is 11.6. The highest BCUT2D eigenvalue weighted by Crippen LogP contribution is 2.26. The Balaban J connectivity index is 2.35. The Morgan fingerprint density at radius 3 is 2.83 bits per heavy atom. The molecule has 0 bridgehead atoms. The first-order chi connectivity index (χ1) is 8.84. The Kier molecular flexibility index (Phi) is 1.78. The minimum absolute atomic E-state index is 1.04. The molecule has 0 aliphatic carbocycles. The van der Waals surface area contributed by atoms with E-state index in [0.717, 1.165) is 5.52 Å². The molecule has 18 heavy (non-hydrogen) atoms. The Morgan fingerprint density at radius 1 is 1.00 bits per heavy atom. The first-order valence-electron chi connectivity index (χ1n) is 6.09. The lowest BCUT2D eigenvalue weighted by Crippen LogP contribution is -1.91. The number of para-hydroxylation sites is 1. The summed E-state index contributed by atoms with van der Waals surface area (Å²) in [7, 11) is 0. The van der Waals surface area contributed by atoms with E-state index in [1.165, 1.54) is 27.4 Å². The van der Waals surface area contributed by atoms with Crippen molar-refractivity contribution in [1.29, 1.82) is 0 Å². The van der Waals surface area contributed by atoms with Crippen molar-refractivity contribution in [2.24, 2.45) is 0 Å². The minimum Gasteiger partial charge on any atom is -0.312 e. The summed E-state index contributed by atoms with van der Waals surface area (Å²) in [5.41, 5.74) is 4.67. The van der Waals surface area contributed by atoms with Crippen molar-refractivity contribution in [1.82, 2.24) is 9.38 Å². The standard InChI is InChI=1S/C16H12N2/c1-11-5-4-8-14-16(11)18-10-12-6-2-3-7-13(12)15(18)9-17-14/h2-10H,1H3. The fourth-order valence-corrected chi connectivity index (χ4v) is 2.69. The predicted octanol–water partition coefficient (Wildman–Crippen LogP) is 3.95. The van der Waals surface area contributed by atoms with E-state index in [-0.39, 0.29) is 0 Å². The van der Waals surface area contributed by atoms with Gasteiger partial charge in [-0.15, -0.1) is 0 Å². The fraction of sp³-hybridized carbons (Fsp3) is 0.0625. The molecule has 86 valence electrons. The van der Waals surface area contributed by atoms with Crippen LogP contribution in [0.2, 0.25) is 0 Å². The number of nitrogens with zero attached hydrogens (tertiary/aromatic N) is 2. The third-order valence-electron chi connectivity index (χ3n) is 3.55. The molecule has 0 radical (unpaired) electrons. The first-order valence-corrected chi connectivity index (χ1v) is 6.09. The molecule has 0 saturated carbocycles. The second-order valence-corrected chi connectivity index (χ2v) is 4.67. The van der Waals surface area contributed by atoms with E-state index in [9.17, 15) is 0 Å². The maximum Gasteiger partial charge on any atom is 0.0873 e. The second-order valence-electron chi connectivity index (χ2n) is 4.67. The molecule has 2 heteroatoms. The smallest absolute Gasteiger partial charge is 0.0873 e. The molecule has 0 amide bonds. The molecular formula is C16H12N2. The summed E-state index contributed by atoms with van der Waals surface area (Å²) in [5.74, 6) is 0. The van der Waals surface area contributed by atoms with E-state index in [0.29, 0.717) is 0 Å². The van der Waals surface area contributed by atoms with Crippen molar-refractivity contribution < 1.29 is 0 Å². The number of aromatic nitrogens is 2. The van der Waals surface area contributed by atoms with Gasteiger partial charge in [0.2, 0.25) is 0 Å². The highest BCUT2D eigenvalue weighted by atomic mass is 14.9. The van der Waals surface area contributed by atoms with Gasteiger partial charge < -0.3 is 4.40 Å². The van der Waals surface area contributed by atoms with Crippen LogP contribution in [-0.4, -0.2) is 9.38 Å². The van der Waals surface area contributed by atoms with Crippen molar-refractivity contribution in [3.05, 3.63) is 60.4 Å². The van der Waals surface area contributed by atoms with Crippen LogP contribution in [0.25, 0.3) is 27.3 Å². The van der Waals surface area contributed by atoms with Crippen LogP contribution in [-0.2, 0) is 0 Å². The Bertz CT molecular complexity index is 887. The first kappa shape index (κ1) is 9.66. The number of hydrogen-bond acceptors (Lipinski definition) is 1. The van der Waals surface area contributed by atoms with Gasteiger partial charge in [-0.1, -0.05) is 36.4 Å². The van der Waals surface area contributed by atoms with E-state index in [2.05, 4.69) is 65.0 Å². The van der Waals surface area contributed by atoms with Crippen molar-refractivity contribution >= 4 is 27.3 Å². The van der Waals surface area contributed by atoms with Gasteiger partial charge in [-0.05, 0) is 18.6 Å². The quantitative estimate of drug-likeness (QED) is 0.448. The maximum atomic E-state index is 4.57. The van der Waals surface area contributed by atoms with Gasteiger partial charge in [-0.3, -0.25) is 4.98 Å². The van der Waals surface area contributed by atoms with Crippen molar-refractivity contribution in [3.63, 3.8) is 0 Å². The molecule has 0 aliphatic heterocycles. The van der Waals surface area contributed by atoms with Gasteiger partial charge in [-0.25, -0.2) is 0 Å². The molecule has 4 aromatic rings. The van der Waals surface area contributed by atoms with Gasteiger partial charge in [-0.2, -0.15) is 0 Å². The molecule has 0 atom stereocenters. The van der Waals surface area contributed by atoms with Gasteiger partial charge in [0.25, 0.3) is 0 Å². The van der Waals surface area contributed by atoms with Crippen molar-refractivity contribution in [2.75, 3.05) is 0 Å². The average Bonchev–Trinajstić information content (AvgIpc) is 2.77. The zero-order chi connectivity index (χ0) is 12.1. The summed E-state index contributed by atoms with van der Waals surface area (Å²) >= 11 is 0. The van der Waals surface area contributed by atoms with E-state index >= 15 is 0 Å². The number of fused-ring (bicyclic) bond motifs is 5. The van der Waals surface area contributed by atoms with Gasteiger partial charge >= 0.3 is 0 Å². The van der Waals surface area contributed by atoms with E-state index in [1.807, 2.05) is 6.20 Å². The minimum atomic E-state index is 1.04. The molecule has 0 spiro atoms. The molecule has 2 aromatic heterocycles. The monoisotopic (exact) mass is 232 g/mol. The van der Waals surface area contributed by atoms with Crippen LogP contribution >= 0.6 is 0 Å². The Hall–Kier alpha value is -2.35. The summed E-state index contributed by atoms with van der Waals surface area (Å²) in [6.45, 7) is 2.13. The van der Waals surface area contributed by atoms with Gasteiger partial charge in [0, 0.05) is 17.0 Å². The topological polar surface area (TPSA) is 17.3 Å². The van der Waals surface area contributed by atoms with E-state index < -0.39 is 0 Å². The van der Waals surface area contributed by atoms with Crippen LogP contribution in [0, 0.1) is 6.92 Å². The number of rotatable bonds is 0. The van der Waals surface area contributed by atoms with Crippen LogP contribution in [0.4, 0.5) is 0 Å². The third kappa shape index (κ3) is 1.15. The van der Waals surface area contributed by atoms with E-state index in [1.54, 1.807) is 0 Å². The van der Waals surface area contributed by atoms with Crippen molar-refractivity contribution in [3.8, 4) is 0 Å². The second kappa shape index (κ2) is 3.33. The number of benzene rings is 2. The lowest BCUT2D eigenvalue weighted by Gasteiger charge is -2.04. The Morgan fingerprint density at radius 2 is 1.89 bits per heavy atom. The molecule has 0 fully saturated rings. The predicted molar refractivity (Wildman–Crippen MR) is 74.9 cm³/mol. The Labute approximate surface area is 104 Å². The third-order valence-corrected chi connectivity index (χ3v) is 3.55. The lowest BCUT2D eigenvalue weighted by atomic mass is 10.2. The van der Waals surface area contributed by atoms with Gasteiger partial charge in [0.05, 0.1) is 22.7 Å². The van der Waals surface area contributed by atoms with Gasteiger partial charge in [0.15, 0.2) is 0 Å². The molecular weight excluding hydrogens is 220 g/mol. The molecule has 0 N–H and O–H groups in total.